The van der Waals surface area contributed by atoms with Crippen molar-refractivity contribution >= 4 is 27.5 Å². The first kappa shape index (κ1) is 15.5. The fourth-order valence-corrected chi connectivity index (χ4v) is 2.82. The van der Waals surface area contributed by atoms with Crippen LogP contribution in [0.1, 0.15) is 12.0 Å². The zero-order valence-electron chi connectivity index (χ0n) is 11.3. The molecule has 112 valence electrons. The van der Waals surface area contributed by atoms with E-state index in [9.17, 15) is 13.2 Å². The lowest BCUT2D eigenvalue weighted by Gasteiger charge is -2.07. The molecular weight excluding hydrogens is 314 g/mol. The molecule has 2 rings (SSSR count). The van der Waals surface area contributed by atoms with Crippen LogP contribution in [0, 0.1) is 6.92 Å². The normalized spacial score (nSPS) is 11.3. The molecule has 0 saturated carbocycles. The van der Waals surface area contributed by atoms with Crippen LogP contribution in [-0.2, 0) is 21.4 Å². The van der Waals surface area contributed by atoms with Crippen LogP contribution in [0.4, 0.5) is 0 Å². The summed E-state index contributed by atoms with van der Waals surface area (Å²) >= 11 is 5.70. The zero-order chi connectivity index (χ0) is 15.5. The molecule has 1 amide bonds. The van der Waals surface area contributed by atoms with Gasteiger partial charge in [-0.15, -0.1) is 0 Å². The van der Waals surface area contributed by atoms with E-state index in [0.717, 1.165) is 5.56 Å². The van der Waals surface area contributed by atoms with E-state index in [2.05, 4.69) is 5.10 Å². The maximum Gasteiger partial charge on any atom is 0.264 e. The van der Waals surface area contributed by atoms with E-state index >= 15 is 0 Å². The average molecular weight is 328 g/mol. The van der Waals surface area contributed by atoms with Gasteiger partial charge in [0, 0.05) is 24.2 Å². The van der Waals surface area contributed by atoms with Crippen LogP contribution in [0.5, 0.6) is 0 Å². The van der Waals surface area contributed by atoms with Gasteiger partial charge >= 0.3 is 0 Å². The summed E-state index contributed by atoms with van der Waals surface area (Å²) in [4.78, 5) is 11.7. The minimum Gasteiger partial charge on any atom is -0.274 e. The number of aromatic nitrogens is 2. The minimum atomic E-state index is -3.86. The number of halogens is 1. The van der Waals surface area contributed by atoms with Crippen LogP contribution >= 0.6 is 11.6 Å². The Hall–Kier alpha value is -1.86. The lowest BCUT2D eigenvalue weighted by molar-refractivity contribution is -0.119. The summed E-state index contributed by atoms with van der Waals surface area (Å²) in [6.07, 6.45) is 3.47. The van der Waals surface area contributed by atoms with Crippen LogP contribution in [0.3, 0.4) is 0 Å². The molecule has 1 aromatic heterocycles. The highest BCUT2D eigenvalue weighted by Crippen LogP contribution is 2.13. The van der Waals surface area contributed by atoms with Gasteiger partial charge in [0.25, 0.3) is 10.0 Å². The molecule has 0 bridgehead atoms. The molecule has 1 aromatic carbocycles. The van der Waals surface area contributed by atoms with Crippen molar-refractivity contribution in [2.24, 2.45) is 0 Å². The lowest BCUT2D eigenvalue weighted by Crippen LogP contribution is -2.31. The smallest absolute Gasteiger partial charge is 0.264 e. The van der Waals surface area contributed by atoms with Crippen molar-refractivity contribution in [2.75, 3.05) is 0 Å². The van der Waals surface area contributed by atoms with Crippen molar-refractivity contribution in [3.63, 3.8) is 0 Å². The molecule has 0 radical (unpaired) electrons. The quantitative estimate of drug-likeness (QED) is 0.907. The summed E-state index contributed by atoms with van der Waals surface area (Å²) in [6, 6.07) is 5.59. The molecule has 21 heavy (non-hydrogen) atoms. The Morgan fingerprint density at radius 1 is 1.33 bits per heavy atom. The number of rotatable bonds is 5. The van der Waals surface area contributed by atoms with Gasteiger partial charge in [-0.2, -0.15) is 5.10 Å². The molecule has 0 unspecified atom stereocenters. The van der Waals surface area contributed by atoms with E-state index in [1.54, 1.807) is 17.1 Å². The maximum absolute atomic E-state index is 12.0. The van der Waals surface area contributed by atoms with Gasteiger partial charge < -0.3 is 0 Å². The Morgan fingerprint density at radius 3 is 2.57 bits per heavy atom. The molecule has 0 aliphatic heterocycles. The highest BCUT2D eigenvalue weighted by Gasteiger charge is 2.17. The minimum absolute atomic E-state index is 0.00446. The van der Waals surface area contributed by atoms with Crippen LogP contribution in [0.15, 0.2) is 41.6 Å². The number of nitrogens with zero attached hydrogens (tertiary/aromatic N) is 2. The molecule has 0 spiro atoms. The number of benzene rings is 1. The van der Waals surface area contributed by atoms with Gasteiger partial charge in [-0.3, -0.25) is 9.48 Å². The third-order valence-electron chi connectivity index (χ3n) is 2.70. The van der Waals surface area contributed by atoms with E-state index in [0.29, 0.717) is 11.6 Å². The Morgan fingerprint density at radius 2 is 2.00 bits per heavy atom. The first-order chi connectivity index (χ1) is 9.87. The molecule has 2 aromatic rings. The van der Waals surface area contributed by atoms with Crippen molar-refractivity contribution in [2.45, 2.75) is 24.8 Å². The van der Waals surface area contributed by atoms with E-state index in [1.165, 1.54) is 24.3 Å². The Labute approximate surface area is 127 Å². The first-order valence-electron chi connectivity index (χ1n) is 6.17. The third kappa shape index (κ3) is 4.30. The van der Waals surface area contributed by atoms with E-state index in [4.69, 9.17) is 11.6 Å². The molecule has 1 heterocycles. The predicted molar refractivity (Wildman–Crippen MR) is 78.4 cm³/mol. The number of carbonyl (C=O) groups is 1. The first-order valence-corrected chi connectivity index (χ1v) is 8.03. The van der Waals surface area contributed by atoms with Crippen LogP contribution < -0.4 is 4.72 Å². The van der Waals surface area contributed by atoms with Gasteiger partial charge in [0.15, 0.2) is 0 Å². The second kappa shape index (κ2) is 6.28. The molecule has 0 aliphatic carbocycles. The highest BCUT2D eigenvalue weighted by molar-refractivity contribution is 7.90. The van der Waals surface area contributed by atoms with Crippen LogP contribution in [-0.4, -0.2) is 24.1 Å². The summed E-state index contributed by atoms with van der Waals surface area (Å²) in [5, 5.41) is 4.45. The van der Waals surface area contributed by atoms with Crippen molar-refractivity contribution in [1.82, 2.24) is 14.5 Å². The molecule has 8 heteroatoms. The topological polar surface area (TPSA) is 81.1 Å². The number of nitrogens with one attached hydrogen (secondary N) is 1. The SMILES string of the molecule is Cc1cnn(CCC(=O)NS(=O)(=O)c2ccc(Cl)cc2)c1. The summed E-state index contributed by atoms with van der Waals surface area (Å²) in [5.74, 6) is -0.585. The Balaban J connectivity index is 1.96. The molecule has 0 aliphatic rings. The second-order valence-electron chi connectivity index (χ2n) is 4.51. The van der Waals surface area contributed by atoms with Crippen molar-refractivity contribution in [3.05, 3.63) is 47.2 Å². The van der Waals surface area contributed by atoms with Crippen LogP contribution in [0.2, 0.25) is 5.02 Å². The molecular formula is C13H14ClN3O3S. The Bertz CT molecular complexity index is 738. The van der Waals surface area contributed by atoms with E-state index in [-0.39, 0.29) is 11.3 Å². The van der Waals surface area contributed by atoms with Gasteiger partial charge in [-0.05, 0) is 36.8 Å². The predicted octanol–water partition coefficient (Wildman–Crippen LogP) is 1.74. The number of amides is 1. The summed E-state index contributed by atoms with van der Waals surface area (Å²) < 4.78 is 27.5. The Kier molecular flexibility index (Phi) is 4.64. The van der Waals surface area contributed by atoms with Gasteiger partial charge in [-0.1, -0.05) is 11.6 Å². The molecule has 1 N–H and O–H groups in total. The average Bonchev–Trinajstić information content (AvgIpc) is 2.82. The number of carbonyl (C=O) groups excluding carboxylic acids is 1. The fraction of sp³-hybridized carbons (Fsp3) is 0.231. The molecule has 0 saturated heterocycles. The zero-order valence-corrected chi connectivity index (χ0v) is 12.9. The van der Waals surface area contributed by atoms with Gasteiger partial charge in [-0.25, -0.2) is 13.1 Å². The van der Waals surface area contributed by atoms with Crippen molar-refractivity contribution in [1.29, 1.82) is 0 Å². The summed E-state index contributed by atoms with van der Waals surface area (Å²) in [7, 11) is -3.86. The largest absolute Gasteiger partial charge is 0.274 e. The van der Waals surface area contributed by atoms with Gasteiger partial charge in [0.1, 0.15) is 0 Å². The molecule has 6 nitrogen and oxygen atoms in total. The number of aryl methyl sites for hydroxylation is 2. The number of sulfonamides is 1. The lowest BCUT2D eigenvalue weighted by atomic mass is 10.4. The van der Waals surface area contributed by atoms with Crippen molar-refractivity contribution < 1.29 is 13.2 Å². The maximum atomic E-state index is 12.0. The second-order valence-corrected chi connectivity index (χ2v) is 6.63. The molecule has 0 fully saturated rings. The van der Waals surface area contributed by atoms with E-state index in [1.807, 2.05) is 11.6 Å². The number of hydrogen-bond donors (Lipinski definition) is 1. The van der Waals surface area contributed by atoms with Crippen molar-refractivity contribution in [3.8, 4) is 0 Å². The third-order valence-corrected chi connectivity index (χ3v) is 4.34. The monoisotopic (exact) mass is 327 g/mol. The summed E-state index contributed by atoms with van der Waals surface area (Å²) in [6.45, 7) is 2.20. The van der Waals surface area contributed by atoms with E-state index < -0.39 is 15.9 Å². The van der Waals surface area contributed by atoms with Gasteiger partial charge in [0.05, 0.1) is 11.1 Å². The highest BCUT2D eigenvalue weighted by atomic mass is 35.5. The summed E-state index contributed by atoms with van der Waals surface area (Å²) in [5.41, 5.74) is 0.976. The van der Waals surface area contributed by atoms with Crippen LogP contribution in [0.25, 0.3) is 0 Å². The number of hydrogen-bond acceptors (Lipinski definition) is 4. The standard InChI is InChI=1S/C13H14ClN3O3S/c1-10-8-15-17(9-10)7-6-13(18)16-21(19,20)12-4-2-11(14)3-5-12/h2-5,8-9H,6-7H2,1H3,(H,16,18). The van der Waals surface area contributed by atoms with Gasteiger partial charge in [0.2, 0.25) is 5.91 Å². The molecule has 0 atom stereocenters. The fourth-order valence-electron chi connectivity index (χ4n) is 1.68.